The van der Waals surface area contributed by atoms with E-state index in [1.54, 1.807) is 24.5 Å². The van der Waals surface area contributed by atoms with Gasteiger partial charge in [-0.2, -0.15) is 0 Å². The molecule has 6 nitrogen and oxygen atoms in total. The first-order valence-corrected chi connectivity index (χ1v) is 11.0. The van der Waals surface area contributed by atoms with E-state index in [-0.39, 0.29) is 46.3 Å². The molecule has 10 heteroatoms. The van der Waals surface area contributed by atoms with Crippen molar-refractivity contribution in [1.82, 2.24) is 9.88 Å². The highest BCUT2D eigenvalue weighted by Gasteiger charge is 2.14. The van der Waals surface area contributed by atoms with Crippen LogP contribution in [0.3, 0.4) is 0 Å². The second-order valence-corrected chi connectivity index (χ2v) is 8.50. The van der Waals surface area contributed by atoms with E-state index in [0.717, 1.165) is 23.3 Å². The fourth-order valence-corrected chi connectivity index (χ4v) is 3.55. The van der Waals surface area contributed by atoms with E-state index in [9.17, 15) is 18.4 Å². The van der Waals surface area contributed by atoms with E-state index in [0.29, 0.717) is 18.8 Å². The molecule has 182 valence electrons. The summed E-state index contributed by atoms with van der Waals surface area (Å²) >= 11 is 3.28. The van der Waals surface area contributed by atoms with Crippen molar-refractivity contribution in [3.63, 3.8) is 0 Å². The van der Waals surface area contributed by atoms with E-state index >= 15 is 0 Å². The van der Waals surface area contributed by atoms with Gasteiger partial charge in [0.25, 0.3) is 5.56 Å². The number of nitrogens with zero attached hydrogens (tertiary/aromatic N) is 1. The number of aromatic nitrogens is 1. The third kappa shape index (κ3) is 6.88. The van der Waals surface area contributed by atoms with Crippen molar-refractivity contribution in [3.8, 4) is 5.75 Å². The Bertz CT molecular complexity index is 1220. The molecule has 0 saturated heterocycles. The average Bonchev–Trinajstić information content (AvgIpc) is 2.78. The Hall–Kier alpha value is -2.75. The average molecular weight is 557 g/mol. The number of carbonyl (C=O) groups is 1. The van der Waals surface area contributed by atoms with Gasteiger partial charge in [-0.3, -0.25) is 9.59 Å². The van der Waals surface area contributed by atoms with Gasteiger partial charge in [0, 0.05) is 29.9 Å². The first kappa shape index (κ1) is 27.5. The van der Waals surface area contributed by atoms with Gasteiger partial charge in [0.1, 0.15) is 28.5 Å². The van der Waals surface area contributed by atoms with Crippen LogP contribution >= 0.6 is 28.3 Å². The minimum atomic E-state index is -0.711. The topological polar surface area (TPSA) is 86.3 Å². The Morgan fingerprint density at radius 2 is 1.79 bits per heavy atom. The predicted octanol–water partition coefficient (Wildman–Crippen LogP) is 4.21. The Kier molecular flexibility index (Phi) is 9.78. The normalized spacial score (nSPS) is 11.5. The largest absolute Gasteiger partial charge is 0.487 e. The maximum absolute atomic E-state index is 13.8. The third-order valence-corrected chi connectivity index (χ3v) is 5.79. The van der Waals surface area contributed by atoms with Crippen molar-refractivity contribution in [2.24, 2.45) is 5.73 Å². The molecule has 0 radical (unpaired) electrons. The quantitative estimate of drug-likeness (QED) is 0.435. The summed E-state index contributed by atoms with van der Waals surface area (Å²) in [6.45, 7) is 3.95. The molecular formula is C24H25BrClF2N3O3. The maximum Gasteiger partial charge on any atom is 0.269 e. The summed E-state index contributed by atoms with van der Waals surface area (Å²) in [6, 6.07) is 11.9. The number of rotatable bonds is 8. The number of pyridine rings is 1. The number of halogens is 4. The molecule has 3 aromatic rings. The van der Waals surface area contributed by atoms with Crippen molar-refractivity contribution < 1.29 is 18.3 Å². The Labute approximate surface area is 210 Å². The lowest BCUT2D eigenvalue weighted by atomic mass is 10.1. The number of ether oxygens (including phenoxy) is 1. The monoisotopic (exact) mass is 555 g/mol. The molecule has 2 aromatic carbocycles. The SMILES string of the molecule is Cc1cc(OCc2ccc(F)cc2F)c(Br)c(=O)n1Cc1ccc(CNC(=O)[C@H](C)N)cc1.Cl. The summed E-state index contributed by atoms with van der Waals surface area (Å²) < 4.78 is 34.3. The molecule has 0 bridgehead atoms. The minimum absolute atomic E-state index is 0. The van der Waals surface area contributed by atoms with Crippen LogP contribution in [0.15, 0.2) is 57.8 Å². The molecule has 0 aliphatic heterocycles. The number of hydrogen-bond donors (Lipinski definition) is 2. The number of aryl methyl sites for hydroxylation is 1. The van der Waals surface area contributed by atoms with Crippen LogP contribution in [0, 0.1) is 18.6 Å². The van der Waals surface area contributed by atoms with Gasteiger partial charge in [-0.05, 0) is 53.0 Å². The van der Waals surface area contributed by atoms with Gasteiger partial charge in [-0.1, -0.05) is 24.3 Å². The number of benzene rings is 2. The third-order valence-electron chi connectivity index (χ3n) is 5.06. The highest BCUT2D eigenvalue weighted by atomic mass is 79.9. The molecular weight excluding hydrogens is 532 g/mol. The number of hydrogen-bond acceptors (Lipinski definition) is 4. The van der Waals surface area contributed by atoms with Crippen molar-refractivity contribution in [3.05, 3.63) is 97.4 Å². The maximum atomic E-state index is 13.8. The summed E-state index contributed by atoms with van der Waals surface area (Å²) in [7, 11) is 0. The number of nitrogens with two attached hydrogens (primary N) is 1. The Morgan fingerprint density at radius 3 is 2.41 bits per heavy atom. The molecule has 1 aromatic heterocycles. The summed E-state index contributed by atoms with van der Waals surface area (Å²) in [5.74, 6) is -1.33. The Balaban J connectivity index is 0.00000408. The molecule has 3 rings (SSSR count). The lowest BCUT2D eigenvalue weighted by Gasteiger charge is -2.15. The number of amides is 1. The van der Waals surface area contributed by atoms with Gasteiger partial charge in [-0.15, -0.1) is 12.4 Å². The second-order valence-electron chi connectivity index (χ2n) is 7.70. The Morgan fingerprint density at radius 1 is 1.15 bits per heavy atom. The van der Waals surface area contributed by atoms with Gasteiger partial charge < -0.3 is 20.4 Å². The minimum Gasteiger partial charge on any atom is -0.487 e. The lowest BCUT2D eigenvalue weighted by molar-refractivity contribution is -0.122. The number of nitrogens with one attached hydrogen (secondary N) is 1. The van der Waals surface area contributed by atoms with Crippen LogP contribution in [-0.4, -0.2) is 16.5 Å². The summed E-state index contributed by atoms with van der Waals surface area (Å²) in [5, 5.41) is 2.75. The van der Waals surface area contributed by atoms with Crippen molar-refractivity contribution in [2.75, 3.05) is 0 Å². The number of carbonyl (C=O) groups excluding carboxylic acids is 1. The molecule has 3 N–H and O–H groups in total. The zero-order valence-electron chi connectivity index (χ0n) is 18.6. The zero-order valence-corrected chi connectivity index (χ0v) is 21.0. The fraction of sp³-hybridized carbons (Fsp3) is 0.250. The van der Waals surface area contributed by atoms with E-state index < -0.39 is 17.7 Å². The van der Waals surface area contributed by atoms with Crippen molar-refractivity contribution in [2.45, 2.75) is 39.6 Å². The van der Waals surface area contributed by atoms with E-state index in [4.69, 9.17) is 10.5 Å². The first-order valence-electron chi connectivity index (χ1n) is 10.2. The van der Waals surface area contributed by atoms with E-state index in [1.165, 1.54) is 6.07 Å². The van der Waals surface area contributed by atoms with Crippen LogP contribution < -0.4 is 21.3 Å². The van der Waals surface area contributed by atoms with Gasteiger partial charge in [0.15, 0.2) is 0 Å². The molecule has 0 aliphatic carbocycles. The van der Waals surface area contributed by atoms with Crippen LogP contribution in [-0.2, 0) is 24.5 Å². The molecule has 34 heavy (non-hydrogen) atoms. The molecule has 0 saturated carbocycles. The van der Waals surface area contributed by atoms with Gasteiger partial charge in [0.2, 0.25) is 5.91 Å². The molecule has 1 heterocycles. The van der Waals surface area contributed by atoms with Crippen molar-refractivity contribution in [1.29, 1.82) is 0 Å². The summed E-state index contributed by atoms with van der Waals surface area (Å²) in [4.78, 5) is 24.5. The molecule has 0 spiro atoms. The standard InChI is InChI=1S/C24H24BrF2N3O3.ClH/c1-14-9-21(33-13-18-7-8-19(26)10-20(18)27)22(25)24(32)30(14)12-17-5-3-16(4-6-17)11-29-23(31)15(2)28;/h3-10,15H,11-13,28H2,1-2H3,(H,29,31);1H/t15-;/m0./s1. The van der Waals surface area contributed by atoms with E-state index in [1.807, 2.05) is 24.3 Å². The second kappa shape index (κ2) is 12.1. The molecule has 0 unspecified atom stereocenters. The first-order chi connectivity index (χ1) is 15.7. The van der Waals surface area contributed by atoms with E-state index in [2.05, 4.69) is 21.2 Å². The molecule has 0 aliphatic rings. The highest BCUT2D eigenvalue weighted by Crippen LogP contribution is 2.24. The van der Waals surface area contributed by atoms with Gasteiger partial charge in [0.05, 0.1) is 12.6 Å². The fourth-order valence-electron chi connectivity index (χ4n) is 3.11. The molecule has 1 atom stereocenters. The van der Waals surface area contributed by atoms with Crippen molar-refractivity contribution >= 4 is 34.2 Å². The van der Waals surface area contributed by atoms with Crippen LogP contribution in [0.2, 0.25) is 0 Å². The van der Waals surface area contributed by atoms with Crippen LogP contribution in [0.5, 0.6) is 5.75 Å². The van der Waals surface area contributed by atoms with Gasteiger partial charge in [-0.25, -0.2) is 8.78 Å². The smallest absolute Gasteiger partial charge is 0.269 e. The summed E-state index contributed by atoms with van der Waals surface area (Å²) in [5.41, 5.74) is 7.89. The lowest BCUT2D eigenvalue weighted by Crippen LogP contribution is -2.37. The van der Waals surface area contributed by atoms with Crippen LogP contribution in [0.4, 0.5) is 8.78 Å². The van der Waals surface area contributed by atoms with Crippen LogP contribution in [0.1, 0.15) is 29.3 Å². The summed E-state index contributed by atoms with van der Waals surface area (Å²) in [6.07, 6.45) is 0. The molecule has 0 fully saturated rings. The molecule has 1 amide bonds. The zero-order chi connectivity index (χ0) is 24.1. The van der Waals surface area contributed by atoms with Crippen LogP contribution in [0.25, 0.3) is 0 Å². The highest BCUT2D eigenvalue weighted by molar-refractivity contribution is 9.10. The predicted molar refractivity (Wildman–Crippen MR) is 132 cm³/mol. The van der Waals surface area contributed by atoms with Gasteiger partial charge >= 0.3 is 0 Å².